The molecule has 4 aromatic carbocycles. The van der Waals surface area contributed by atoms with E-state index in [4.69, 9.17) is 4.74 Å². The molecule has 5 aromatic rings. The van der Waals surface area contributed by atoms with Crippen LogP contribution in [0.15, 0.2) is 121 Å². The standard InChI is InChI=1S/C50H48F3NO6S/c1-45-20-17-35(55)27-47(45)23-24-49(38(28-47)43(56)40-26-34-9-5-6-10-39(34)61-40)41(45)18-21-46(2)42(49)19-22-48(46,58)30-54(29-31-11-14-36(15-12-31)60-50(51,52)53)44(57)59-37-16-13-32-7-3-4-8-33(32)25-37/h3-16,23-26,28,35,41-42,55,58H,17-22,27,29-30H2,1-2H3. The summed E-state index contributed by atoms with van der Waals surface area (Å²) in [7, 11) is 0. The van der Waals surface area contributed by atoms with E-state index in [0.29, 0.717) is 48.3 Å². The zero-order valence-corrected chi connectivity index (χ0v) is 34.9. The van der Waals surface area contributed by atoms with Crippen molar-refractivity contribution in [3.8, 4) is 11.5 Å². The Hall–Kier alpha value is -4.97. The number of thiophene rings is 1. The van der Waals surface area contributed by atoms with Gasteiger partial charge in [-0.2, -0.15) is 0 Å². The number of allylic oxidation sites excluding steroid dienone is 4. The van der Waals surface area contributed by atoms with Crippen molar-refractivity contribution in [1.29, 1.82) is 0 Å². The molecule has 61 heavy (non-hydrogen) atoms. The van der Waals surface area contributed by atoms with Gasteiger partial charge in [-0.3, -0.25) is 4.79 Å². The number of carbonyl (C=O) groups is 2. The van der Waals surface area contributed by atoms with Crippen molar-refractivity contribution in [2.24, 2.45) is 33.5 Å². The molecule has 0 radical (unpaired) electrons. The molecule has 3 saturated carbocycles. The second kappa shape index (κ2) is 14.0. The van der Waals surface area contributed by atoms with Crippen LogP contribution in [0.1, 0.15) is 74.0 Å². The van der Waals surface area contributed by atoms with Crippen LogP contribution in [-0.4, -0.2) is 51.6 Å². The zero-order valence-electron chi connectivity index (χ0n) is 34.1. The minimum Gasteiger partial charge on any atom is -0.410 e. The number of aliphatic hydroxyl groups is 2. The van der Waals surface area contributed by atoms with E-state index in [9.17, 15) is 28.2 Å². The molecule has 2 spiro atoms. The average Bonchev–Trinajstić information content (AvgIpc) is 3.78. The first-order chi connectivity index (χ1) is 29.0. The van der Waals surface area contributed by atoms with E-state index in [-0.39, 0.29) is 41.9 Å². The Morgan fingerprint density at radius 1 is 0.803 bits per heavy atom. The van der Waals surface area contributed by atoms with Crippen LogP contribution in [0.5, 0.6) is 11.5 Å². The van der Waals surface area contributed by atoms with Gasteiger partial charge < -0.3 is 24.6 Å². The Morgan fingerprint density at radius 3 is 2.23 bits per heavy atom. The molecule has 0 aliphatic heterocycles. The summed E-state index contributed by atoms with van der Waals surface area (Å²) < 4.78 is 50.2. The Balaban J connectivity index is 1.02. The van der Waals surface area contributed by atoms with Crippen molar-refractivity contribution in [2.45, 2.75) is 83.4 Å². The summed E-state index contributed by atoms with van der Waals surface area (Å²) >= 11 is 1.50. The number of carbonyl (C=O) groups excluding carboxylic acids is 2. The zero-order chi connectivity index (χ0) is 42.6. The Labute approximate surface area is 356 Å². The van der Waals surface area contributed by atoms with Gasteiger partial charge in [0.15, 0.2) is 5.78 Å². The van der Waals surface area contributed by atoms with Gasteiger partial charge in [0.2, 0.25) is 0 Å². The minimum atomic E-state index is -4.85. The first-order valence-corrected chi connectivity index (χ1v) is 22.0. The van der Waals surface area contributed by atoms with Gasteiger partial charge in [-0.05, 0) is 120 Å². The number of amides is 1. The van der Waals surface area contributed by atoms with Gasteiger partial charge in [-0.25, -0.2) is 4.79 Å². The lowest BCUT2D eigenvalue weighted by Gasteiger charge is -2.71. The van der Waals surface area contributed by atoms with Crippen LogP contribution in [0.25, 0.3) is 20.9 Å². The molecule has 7 nitrogen and oxygen atoms in total. The van der Waals surface area contributed by atoms with Crippen LogP contribution in [0.4, 0.5) is 18.0 Å². The molecule has 11 heteroatoms. The summed E-state index contributed by atoms with van der Waals surface area (Å²) in [5, 5.41) is 27.2. The molecule has 2 bridgehead atoms. The molecule has 0 saturated heterocycles. The van der Waals surface area contributed by atoms with E-state index in [1.807, 2.05) is 60.7 Å². The van der Waals surface area contributed by atoms with E-state index < -0.39 is 40.4 Å². The smallest absolute Gasteiger partial charge is 0.410 e. The largest absolute Gasteiger partial charge is 0.573 e. The molecule has 3 fully saturated rings. The number of hydrogen-bond acceptors (Lipinski definition) is 7. The second-order valence-corrected chi connectivity index (χ2v) is 19.8. The van der Waals surface area contributed by atoms with Gasteiger partial charge in [0.25, 0.3) is 0 Å². The maximum absolute atomic E-state index is 15.2. The minimum absolute atomic E-state index is 0.00438. The number of ketones is 1. The fraction of sp³-hybridized carbons (Fsp3) is 0.400. The first kappa shape index (κ1) is 40.1. The fourth-order valence-corrected chi connectivity index (χ4v) is 13.8. The van der Waals surface area contributed by atoms with Crippen LogP contribution in [0.2, 0.25) is 0 Å². The summed E-state index contributed by atoms with van der Waals surface area (Å²) in [6.45, 7) is 4.31. The Kier molecular flexibility index (Phi) is 9.22. The number of Topliss-reactive ketones (excluding diaryl/α,β-unsaturated/α-hetero) is 1. The monoisotopic (exact) mass is 847 g/mol. The van der Waals surface area contributed by atoms with Crippen LogP contribution in [0.3, 0.4) is 0 Å². The maximum atomic E-state index is 15.2. The molecule has 2 N–H and O–H groups in total. The Bertz CT molecular complexity index is 2610. The molecular formula is C50H48F3NO6S. The highest BCUT2D eigenvalue weighted by molar-refractivity contribution is 7.21. The highest BCUT2D eigenvalue weighted by atomic mass is 32.1. The lowest BCUT2D eigenvalue weighted by molar-refractivity contribution is -0.274. The van der Waals surface area contributed by atoms with Gasteiger partial charge in [0, 0.05) is 33.1 Å². The number of halogens is 3. The van der Waals surface area contributed by atoms with E-state index in [0.717, 1.165) is 39.3 Å². The lowest BCUT2D eigenvalue weighted by atomic mass is 9.32. The number of fused-ring (bicyclic) bond motifs is 3. The lowest BCUT2D eigenvalue weighted by Crippen LogP contribution is -2.67. The molecule has 8 atom stereocenters. The summed E-state index contributed by atoms with van der Waals surface area (Å²) in [6, 6.07) is 28.4. The van der Waals surface area contributed by atoms with Gasteiger partial charge in [-0.1, -0.05) is 92.7 Å². The molecule has 6 aliphatic rings. The number of aliphatic hydroxyl groups excluding tert-OH is 1. The fourth-order valence-electron chi connectivity index (χ4n) is 12.7. The van der Waals surface area contributed by atoms with E-state index >= 15 is 4.79 Å². The topological polar surface area (TPSA) is 96.3 Å². The van der Waals surface area contributed by atoms with Gasteiger partial charge in [-0.15, -0.1) is 24.5 Å². The van der Waals surface area contributed by atoms with Crippen LogP contribution < -0.4 is 9.47 Å². The van der Waals surface area contributed by atoms with Gasteiger partial charge in [0.1, 0.15) is 11.5 Å². The first-order valence-electron chi connectivity index (χ1n) is 21.2. The molecule has 1 amide bonds. The van der Waals surface area contributed by atoms with E-state index in [1.165, 1.54) is 40.5 Å². The number of ether oxygens (including phenoxy) is 2. The third-order valence-electron chi connectivity index (χ3n) is 15.8. The maximum Gasteiger partial charge on any atom is 0.573 e. The molecule has 316 valence electrons. The Morgan fingerprint density at radius 2 is 1.48 bits per heavy atom. The summed E-state index contributed by atoms with van der Waals surface area (Å²) in [6.07, 6.45) is 5.17. The number of nitrogens with zero attached hydrogens (tertiary/aromatic N) is 1. The van der Waals surface area contributed by atoms with Crippen molar-refractivity contribution < 1.29 is 42.4 Å². The number of benzene rings is 4. The van der Waals surface area contributed by atoms with E-state index in [1.54, 1.807) is 12.1 Å². The van der Waals surface area contributed by atoms with Crippen molar-refractivity contribution in [1.82, 2.24) is 4.90 Å². The normalized spacial score (nSPS) is 32.5. The quantitative estimate of drug-likeness (QED) is 0.119. The number of hydrogen-bond donors (Lipinski definition) is 2. The molecule has 6 aliphatic carbocycles. The summed E-state index contributed by atoms with van der Waals surface area (Å²) in [5.41, 5.74) is -2.30. The number of alkyl halides is 3. The van der Waals surface area contributed by atoms with Crippen molar-refractivity contribution in [3.05, 3.63) is 131 Å². The van der Waals surface area contributed by atoms with Gasteiger partial charge >= 0.3 is 12.5 Å². The summed E-state index contributed by atoms with van der Waals surface area (Å²) in [4.78, 5) is 31.7. The highest BCUT2D eigenvalue weighted by Gasteiger charge is 2.74. The van der Waals surface area contributed by atoms with Crippen molar-refractivity contribution in [3.63, 3.8) is 0 Å². The highest BCUT2D eigenvalue weighted by Crippen LogP contribution is 2.78. The van der Waals surface area contributed by atoms with Gasteiger partial charge in [0.05, 0.1) is 23.1 Å². The molecular weight excluding hydrogens is 800 g/mol. The number of rotatable bonds is 8. The third-order valence-corrected chi connectivity index (χ3v) is 16.9. The average molecular weight is 848 g/mol. The van der Waals surface area contributed by atoms with Crippen molar-refractivity contribution >= 4 is 44.1 Å². The summed E-state index contributed by atoms with van der Waals surface area (Å²) in [5.74, 6) is -0.140. The molecule has 1 aromatic heterocycles. The molecule has 11 rings (SSSR count). The SMILES string of the molecule is CC12CCC(O)CC13C=CC1(C(C(=O)c4cc5ccccc5s4)=C3)C2CCC2(C)C1CCC2(O)CN(Cc1ccc(OC(F)(F)F)cc1)C(=O)Oc1ccc2ccccc2c1. The van der Waals surface area contributed by atoms with Crippen LogP contribution >= 0.6 is 11.3 Å². The molecule has 1 heterocycles. The molecule has 8 unspecified atom stereocenters. The third kappa shape index (κ3) is 6.28. The van der Waals surface area contributed by atoms with Crippen LogP contribution in [0, 0.1) is 33.5 Å². The van der Waals surface area contributed by atoms with Crippen LogP contribution in [-0.2, 0) is 6.54 Å². The van der Waals surface area contributed by atoms with Crippen molar-refractivity contribution in [2.75, 3.05) is 6.54 Å². The predicted molar refractivity (Wildman–Crippen MR) is 228 cm³/mol. The van der Waals surface area contributed by atoms with E-state index in [2.05, 4.69) is 36.8 Å². The predicted octanol–water partition coefficient (Wildman–Crippen LogP) is 11.4. The second-order valence-electron chi connectivity index (χ2n) is 18.7.